The third kappa shape index (κ3) is 2.79. The number of aromatic nitrogens is 2. The number of rotatable bonds is 6. The Labute approximate surface area is 110 Å². The fourth-order valence-electron chi connectivity index (χ4n) is 1.87. The first-order valence-electron chi connectivity index (χ1n) is 6.43. The van der Waals surface area contributed by atoms with Crippen LogP contribution in [0.4, 0.5) is 0 Å². The van der Waals surface area contributed by atoms with E-state index in [4.69, 9.17) is 4.42 Å². The molecule has 1 N–H and O–H groups in total. The van der Waals surface area contributed by atoms with Crippen molar-refractivity contribution in [3.05, 3.63) is 22.9 Å². The summed E-state index contributed by atoms with van der Waals surface area (Å²) in [6.07, 6.45) is 4.59. The van der Waals surface area contributed by atoms with Crippen molar-refractivity contribution in [2.45, 2.75) is 38.6 Å². The minimum Gasteiger partial charge on any atom is -0.420 e. The monoisotopic (exact) mass is 263 g/mol. The molecule has 0 atom stereocenters. The second-order valence-corrected chi connectivity index (χ2v) is 5.68. The topological polar surface area (TPSA) is 51.0 Å². The fourth-order valence-corrected chi connectivity index (χ4v) is 2.72. The van der Waals surface area contributed by atoms with Gasteiger partial charge in [-0.15, -0.1) is 21.5 Å². The molecule has 18 heavy (non-hydrogen) atoms. The second-order valence-electron chi connectivity index (χ2n) is 4.77. The molecule has 2 aromatic heterocycles. The summed E-state index contributed by atoms with van der Waals surface area (Å²) < 4.78 is 5.69. The Kier molecular flexibility index (Phi) is 3.43. The number of nitrogens with zero attached hydrogens (tertiary/aromatic N) is 2. The van der Waals surface area contributed by atoms with E-state index in [1.807, 2.05) is 5.38 Å². The number of hydrogen-bond donors (Lipinski definition) is 1. The molecule has 3 rings (SSSR count). The van der Waals surface area contributed by atoms with E-state index >= 15 is 0 Å². The molecule has 0 radical (unpaired) electrons. The lowest BCUT2D eigenvalue weighted by atomic mass is 10.3. The maximum atomic E-state index is 5.69. The van der Waals surface area contributed by atoms with Gasteiger partial charge < -0.3 is 9.73 Å². The van der Waals surface area contributed by atoms with Gasteiger partial charge in [0.05, 0.1) is 4.88 Å². The van der Waals surface area contributed by atoms with Crippen LogP contribution in [-0.4, -0.2) is 22.8 Å². The Morgan fingerprint density at radius 1 is 1.44 bits per heavy atom. The molecule has 0 bridgehead atoms. The highest BCUT2D eigenvalue weighted by molar-refractivity contribution is 7.13. The van der Waals surface area contributed by atoms with Crippen LogP contribution in [0.3, 0.4) is 0 Å². The van der Waals surface area contributed by atoms with Crippen molar-refractivity contribution in [3.8, 4) is 10.8 Å². The van der Waals surface area contributed by atoms with Crippen LogP contribution in [0.5, 0.6) is 0 Å². The molecular formula is C13H17N3OS. The fraction of sp³-hybridized carbons (Fsp3) is 0.538. The van der Waals surface area contributed by atoms with Gasteiger partial charge in [-0.05, 0) is 49.7 Å². The molecule has 0 amide bonds. The molecule has 2 heterocycles. The molecule has 0 saturated heterocycles. The minimum atomic E-state index is 0.660. The van der Waals surface area contributed by atoms with Gasteiger partial charge in [-0.3, -0.25) is 0 Å². The molecule has 1 saturated carbocycles. The summed E-state index contributed by atoms with van der Waals surface area (Å²) in [7, 11) is 0. The zero-order valence-electron chi connectivity index (χ0n) is 10.5. The second kappa shape index (κ2) is 5.20. The first-order valence-corrected chi connectivity index (χ1v) is 7.31. The number of nitrogens with one attached hydrogen (secondary N) is 1. The van der Waals surface area contributed by atoms with Crippen LogP contribution in [0.25, 0.3) is 10.8 Å². The molecule has 96 valence electrons. The first kappa shape index (κ1) is 11.9. The van der Waals surface area contributed by atoms with E-state index in [0.717, 1.165) is 36.2 Å². The number of aryl methyl sites for hydroxylation is 2. The Morgan fingerprint density at radius 3 is 3.06 bits per heavy atom. The van der Waals surface area contributed by atoms with E-state index in [2.05, 4.69) is 28.5 Å². The van der Waals surface area contributed by atoms with E-state index in [-0.39, 0.29) is 0 Å². The summed E-state index contributed by atoms with van der Waals surface area (Å²) in [4.78, 5) is 1.09. The van der Waals surface area contributed by atoms with Gasteiger partial charge in [-0.1, -0.05) is 0 Å². The summed E-state index contributed by atoms with van der Waals surface area (Å²) in [6, 6.07) is 2.85. The first-order chi connectivity index (χ1) is 8.83. The van der Waals surface area contributed by atoms with Crippen LogP contribution >= 0.6 is 11.3 Å². The largest absolute Gasteiger partial charge is 0.420 e. The van der Waals surface area contributed by atoms with Crippen molar-refractivity contribution >= 4 is 11.3 Å². The predicted molar refractivity (Wildman–Crippen MR) is 71.7 cm³/mol. The maximum absolute atomic E-state index is 5.69. The number of thiophene rings is 1. The molecule has 0 aromatic carbocycles. The smallest absolute Gasteiger partial charge is 0.257 e. The summed E-state index contributed by atoms with van der Waals surface area (Å²) in [5.41, 5.74) is 1.20. The van der Waals surface area contributed by atoms with Crippen molar-refractivity contribution in [2.24, 2.45) is 0 Å². The van der Waals surface area contributed by atoms with Crippen LogP contribution in [0.15, 0.2) is 15.9 Å². The molecule has 1 fully saturated rings. The molecular weight excluding hydrogens is 246 g/mol. The summed E-state index contributed by atoms with van der Waals surface area (Å²) >= 11 is 1.65. The van der Waals surface area contributed by atoms with Gasteiger partial charge in [0.15, 0.2) is 0 Å². The third-order valence-corrected chi connectivity index (χ3v) is 4.11. The van der Waals surface area contributed by atoms with Crippen LogP contribution in [-0.2, 0) is 6.42 Å². The minimum absolute atomic E-state index is 0.660. The Hall–Kier alpha value is -1.20. The van der Waals surface area contributed by atoms with Gasteiger partial charge >= 0.3 is 0 Å². The van der Waals surface area contributed by atoms with E-state index in [1.54, 1.807) is 11.3 Å². The quantitative estimate of drug-likeness (QED) is 0.814. The highest BCUT2D eigenvalue weighted by Crippen LogP contribution is 2.27. The Balaban J connectivity index is 1.54. The molecule has 2 aromatic rings. The zero-order valence-corrected chi connectivity index (χ0v) is 11.3. The van der Waals surface area contributed by atoms with E-state index < -0.39 is 0 Å². The molecule has 4 nitrogen and oxygen atoms in total. The molecule has 1 aliphatic carbocycles. The maximum Gasteiger partial charge on any atom is 0.257 e. The summed E-state index contributed by atoms with van der Waals surface area (Å²) in [5.74, 6) is 1.41. The molecule has 5 heteroatoms. The number of hydrogen-bond acceptors (Lipinski definition) is 5. The van der Waals surface area contributed by atoms with Gasteiger partial charge in [-0.2, -0.15) is 0 Å². The van der Waals surface area contributed by atoms with Crippen LogP contribution in [0.1, 0.15) is 30.7 Å². The van der Waals surface area contributed by atoms with E-state index in [0.29, 0.717) is 5.89 Å². The van der Waals surface area contributed by atoms with Gasteiger partial charge in [0.1, 0.15) is 0 Å². The van der Waals surface area contributed by atoms with Crippen molar-refractivity contribution in [2.75, 3.05) is 6.54 Å². The highest BCUT2D eigenvalue weighted by Gasteiger charge is 2.19. The Bertz CT molecular complexity index is 516. The van der Waals surface area contributed by atoms with Crippen LogP contribution in [0.2, 0.25) is 0 Å². The lowest BCUT2D eigenvalue weighted by Gasteiger charge is -1.99. The summed E-state index contributed by atoms with van der Waals surface area (Å²) in [5, 5.41) is 13.8. The van der Waals surface area contributed by atoms with Gasteiger partial charge in [0, 0.05) is 12.5 Å². The van der Waals surface area contributed by atoms with Gasteiger partial charge in [-0.25, -0.2) is 0 Å². The predicted octanol–water partition coefficient (Wildman–Crippen LogP) is 2.79. The average molecular weight is 263 g/mol. The van der Waals surface area contributed by atoms with Gasteiger partial charge in [0.25, 0.3) is 5.89 Å². The van der Waals surface area contributed by atoms with Crippen molar-refractivity contribution in [3.63, 3.8) is 0 Å². The van der Waals surface area contributed by atoms with Crippen LogP contribution < -0.4 is 5.32 Å². The van der Waals surface area contributed by atoms with E-state index in [9.17, 15) is 0 Å². The van der Waals surface area contributed by atoms with Crippen LogP contribution in [0, 0.1) is 6.92 Å². The van der Waals surface area contributed by atoms with E-state index in [1.165, 1.54) is 18.4 Å². The average Bonchev–Trinajstić information content (AvgIpc) is 2.90. The molecule has 0 unspecified atom stereocenters. The highest BCUT2D eigenvalue weighted by atomic mass is 32.1. The van der Waals surface area contributed by atoms with Crippen molar-refractivity contribution < 1.29 is 4.42 Å². The SMILES string of the molecule is Cc1ccsc1-c1nnc(CCCNC2CC2)o1. The lowest BCUT2D eigenvalue weighted by Crippen LogP contribution is -2.17. The standard InChI is InChI=1S/C13H17N3OS/c1-9-6-8-18-12(9)13-16-15-11(17-13)3-2-7-14-10-4-5-10/h6,8,10,14H,2-5,7H2,1H3. The lowest BCUT2D eigenvalue weighted by molar-refractivity contribution is 0.491. The van der Waals surface area contributed by atoms with Crippen molar-refractivity contribution in [1.82, 2.24) is 15.5 Å². The molecule has 0 aliphatic heterocycles. The molecule has 0 spiro atoms. The Morgan fingerprint density at radius 2 is 2.33 bits per heavy atom. The van der Waals surface area contributed by atoms with Crippen molar-refractivity contribution in [1.29, 1.82) is 0 Å². The zero-order chi connectivity index (χ0) is 12.4. The molecule has 1 aliphatic rings. The summed E-state index contributed by atoms with van der Waals surface area (Å²) in [6.45, 7) is 3.11. The third-order valence-electron chi connectivity index (χ3n) is 3.10. The van der Waals surface area contributed by atoms with Gasteiger partial charge in [0.2, 0.25) is 5.89 Å². The normalized spacial score (nSPS) is 15.2.